The summed E-state index contributed by atoms with van der Waals surface area (Å²) >= 11 is 3.31. The lowest BCUT2D eigenvalue weighted by Gasteiger charge is -2.07. The molecule has 3 heteroatoms. The number of rotatable bonds is 5. The molecule has 1 atom stereocenters. The van der Waals surface area contributed by atoms with Crippen molar-refractivity contribution in [2.45, 2.75) is 24.6 Å². The van der Waals surface area contributed by atoms with Gasteiger partial charge in [0.05, 0.1) is 4.83 Å². The molecule has 1 aromatic rings. The molecule has 80 valence electrons. The van der Waals surface area contributed by atoms with Crippen molar-refractivity contribution in [2.24, 2.45) is 0 Å². The molecule has 1 aromatic carbocycles. The van der Waals surface area contributed by atoms with Gasteiger partial charge < -0.3 is 4.79 Å². The highest BCUT2D eigenvalue weighted by atomic mass is 79.9. The van der Waals surface area contributed by atoms with Gasteiger partial charge in [0.15, 0.2) is 5.78 Å². The third kappa shape index (κ3) is 3.96. The van der Waals surface area contributed by atoms with Crippen LogP contribution in [0.1, 0.15) is 30.1 Å². The van der Waals surface area contributed by atoms with Gasteiger partial charge in [-0.05, 0) is 13.3 Å². The lowest BCUT2D eigenvalue weighted by molar-refractivity contribution is -0.117. The number of benzene rings is 1. The van der Waals surface area contributed by atoms with E-state index in [9.17, 15) is 9.59 Å². The summed E-state index contributed by atoms with van der Waals surface area (Å²) in [5.74, 6) is 0.150. The summed E-state index contributed by atoms with van der Waals surface area (Å²) in [4.78, 5) is 22.3. The lowest BCUT2D eigenvalue weighted by Crippen LogP contribution is -2.15. The Morgan fingerprint density at radius 1 is 1.27 bits per heavy atom. The molecule has 2 nitrogen and oxygen atoms in total. The first kappa shape index (κ1) is 12.1. The predicted molar refractivity (Wildman–Crippen MR) is 63.4 cm³/mol. The molecule has 0 fully saturated rings. The van der Waals surface area contributed by atoms with E-state index in [1.807, 2.05) is 18.2 Å². The Kier molecular flexibility index (Phi) is 4.69. The maximum absolute atomic E-state index is 11.8. The van der Waals surface area contributed by atoms with Crippen molar-refractivity contribution in [2.75, 3.05) is 0 Å². The van der Waals surface area contributed by atoms with E-state index in [-0.39, 0.29) is 16.4 Å². The van der Waals surface area contributed by atoms with Gasteiger partial charge in [-0.2, -0.15) is 0 Å². The molecule has 1 unspecified atom stereocenters. The predicted octanol–water partition coefficient (Wildman–Crippen LogP) is 3.00. The van der Waals surface area contributed by atoms with Gasteiger partial charge in [-0.1, -0.05) is 46.3 Å². The summed E-state index contributed by atoms with van der Waals surface area (Å²) in [6.07, 6.45) is 0.998. The number of Topliss-reactive ketones (excluding diaryl/α,β-unsaturated/α-hetero) is 2. The Morgan fingerprint density at radius 2 is 1.87 bits per heavy atom. The Hall–Kier alpha value is -0.960. The van der Waals surface area contributed by atoms with Crippen LogP contribution in [0, 0.1) is 0 Å². The van der Waals surface area contributed by atoms with E-state index in [4.69, 9.17) is 0 Å². The van der Waals surface area contributed by atoms with Crippen LogP contribution in [-0.4, -0.2) is 16.4 Å². The van der Waals surface area contributed by atoms with E-state index >= 15 is 0 Å². The highest BCUT2D eigenvalue weighted by molar-refractivity contribution is 9.10. The van der Waals surface area contributed by atoms with Crippen molar-refractivity contribution in [3.05, 3.63) is 35.9 Å². The topological polar surface area (TPSA) is 34.1 Å². The number of halogens is 1. The first-order valence-electron chi connectivity index (χ1n) is 4.84. The number of ketones is 2. The molecule has 0 amide bonds. The molecule has 0 N–H and O–H groups in total. The van der Waals surface area contributed by atoms with Crippen LogP contribution >= 0.6 is 15.9 Å². The summed E-state index contributed by atoms with van der Waals surface area (Å²) in [5, 5.41) is 0. The van der Waals surface area contributed by atoms with E-state index in [1.54, 1.807) is 12.1 Å². The lowest BCUT2D eigenvalue weighted by atomic mass is 10.0. The smallest absolute Gasteiger partial charge is 0.176 e. The number of carbonyl (C=O) groups is 2. The summed E-state index contributed by atoms with van der Waals surface area (Å²) in [7, 11) is 0. The minimum absolute atomic E-state index is 0.0388. The van der Waals surface area contributed by atoms with E-state index in [2.05, 4.69) is 15.9 Å². The van der Waals surface area contributed by atoms with Gasteiger partial charge in [0, 0.05) is 12.0 Å². The third-order valence-electron chi connectivity index (χ3n) is 2.09. The van der Waals surface area contributed by atoms with Crippen LogP contribution < -0.4 is 0 Å². The Bertz CT molecular complexity index is 346. The third-order valence-corrected chi connectivity index (χ3v) is 2.97. The molecular formula is C12H13BrO2. The van der Waals surface area contributed by atoms with Crippen molar-refractivity contribution in [1.29, 1.82) is 0 Å². The molecule has 0 aliphatic heterocycles. The highest BCUT2D eigenvalue weighted by Gasteiger charge is 2.16. The quantitative estimate of drug-likeness (QED) is 0.608. The largest absolute Gasteiger partial charge is 0.300 e. The van der Waals surface area contributed by atoms with Crippen molar-refractivity contribution in [3.8, 4) is 0 Å². The molecule has 0 radical (unpaired) electrons. The Balaban J connectivity index is 2.57. The molecule has 0 aromatic heterocycles. The van der Waals surface area contributed by atoms with E-state index in [0.717, 1.165) is 0 Å². The molecule has 1 rings (SSSR count). The molecule has 0 aliphatic carbocycles. The molecular weight excluding hydrogens is 256 g/mol. The van der Waals surface area contributed by atoms with Gasteiger partial charge in [-0.25, -0.2) is 0 Å². The molecule has 15 heavy (non-hydrogen) atoms. The van der Waals surface area contributed by atoms with Crippen molar-refractivity contribution < 1.29 is 9.59 Å². The van der Waals surface area contributed by atoms with E-state index in [0.29, 0.717) is 18.4 Å². The number of alkyl halides is 1. The number of hydrogen-bond acceptors (Lipinski definition) is 2. The van der Waals surface area contributed by atoms with Crippen LogP contribution in [0.3, 0.4) is 0 Å². The van der Waals surface area contributed by atoms with E-state index in [1.165, 1.54) is 6.92 Å². The van der Waals surface area contributed by atoms with Crippen LogP contribution in [0.25, 0.3) is 0 Å². The van der Waals surface area contributed by atoms with Crippen LogP contribution in [0.4, 0.5) is 0 Å². The van der Waals surface area contributed by atoms with Gasteiger partial charge in [0.25, 0.3) is 0 Å². The summed E-state index contributed by atoms with van der Waals surface area (Å²) in [6.45, 7) is 1.53. The fourth-order valence-corrected chi connectivity index (χ4v) is 1.74. The van der Waals surface area contributed by atoms with Crippen LogP contribution in [0.2, 0.25) is 0 Å². The maximum atomic E-state index is 11.8. The number of carbonyl (C=O) groups excluding carboxylic acids is 2. The fraction of sp³-hybridized carbons (Fsp3) is 0.333. The zero-order chi connectivity index (χ0) is 11.3. The molecule has 0 saturated carbocycles. The molecule has 0 spiro atoms. The minimum Gasteiger partial charge on any atom is -0.300 e. The summed E-state index contributed by atoms with van der Waals surface area (Å²) in [6, 6.07) is 9.10. The maximum Gasteiger partial charge on any atom is 0.176 e. The second-order valence-electron chi connectivity index (χ2n) is 3.44. The zero-order valence-electron chi connectivity index (χ0n) is 8.57. The average Bonchev–Trinajstić information content (AvgIpc) is 2.26. The molecule has 0 aliphatic rings. The van der Waals surface area contributed by atoms with Gasteiger partial charge in [0.1, 0.15) is 5.78 Å². The zero-order valence-corrected chi connectivity index (χ0v) is 10.2. The summed E-state index contributed by atoms with van der Waals surface area (Å²) in [5.41, 5.74) is 0.683. The Labute approximate surface area is 97.8 Å². The first-order valence-corrected chi connectivity index (χ1v) is 5.75. The number of hydrogen-bond donors (Lipinski definition) is 0. The van der Waals surface area contributed by atoms with Crippen molar-refractivity contribution in [3.63, 3.8) is 0 Å². The Morgan fingerprint density at radius 3 is 2.40 bits per heavy atom. The minimum atomic E-state index is -0.260. The monoisotopic (exact) mass is 268 g/mol. The summed E-state index contributed by atoms with van der Waals surface area (Å²) < 4.78 is 0. The first-order chi connectivity index (χ1) is 7.11. The average molecular weight is 269 g/mol. The fourth-order valence-electron chi connectivity index (χ4n) is 1.24. The van der Waals surface area contributed by atoms with Gasteiger partial charge in [0.2, 0.25) is 0 Å². The van der Waals surface area contributed by atoms with Crippen molar-refractivity contribution in [1.82, 2.24) is 0 Å². The second kappa shape index (κ2) is 5.81. The van der Waals surface area contributed by atoms with E-state index < -0.39 is 0 Å². The SMILES string of the molecule is CC(=O)CCC(Br)C(=O)c1ccccc1. The molecule has 0 saturated heterocycles. The van der Waals surface area contributed by atoms with Crippen LogP contribution in [-0.2, 0) is 4.79 Å². The van der Waals surface area contributed by atoms with Crippen LogP contribution in [0.15, 0.2) is 30.3 Å². The van der Waals surface area contributed by atoms with Gasteiger partial charge >= 0.3 is 0 Å². The molecule has 0 bridgehead atoms. The van der Waals surface area contributed by atoms with Gasteiger partial charge in [-0.15, -0.1) is 0 Å². The standard InChI is InChI=1S/C12H13BrO2/c1-9(14)7-8-11(13)12(15)10-5-3-2-4-6-10/h2-6,11H,7-8H2,1H3. The normalized spacial score (nSPS) is 12.1. The van der Waals surface area contributed by atoms with Crippen molar-refractivity contribution >= 4 is 27.5 Å². The van der Waals surface area contributed by atoms with Crippen LogP contribution in [0.5, 0.6) is 0 Å². The second-order valence-corrected chi connectivity index (χ2v) is 4.54. The van der Waals surface area contributed by atoms with Gasteiger partial charge in [-0.3, -0.25) is 4.79 Å². The molecule has 0 heterocycles. The highest BCUT2D eigenvalue weighted by Crippen LogP contribution is 2.15.